The first-order chi connectivity index (χ1) is 15.7. The molecule has 178 valence electrons. The summed E-state index contributed by atoms with van der Waals surface area (Å²) in [5.74, 6) is -1.48. The first kappa shape index (κ1) is 23.1. The molecular weight excluding hydrogens is 442 g/mol. The third kappa shape index (κ3) is 4.68. The third-order valence-electron chi connectivity index (χ3n) is 5.96. The minimum atomic E-state index is -4.91. The lowest BCUT2D eigenvalue weighted by molar-refractivity contribution is -0.139. The smallest absolute Gasteiger partial charge is 0.381 e. The number of anilines is 1. The van der Waals surface area contributed by atoms with Crippen molar-refractivity contribution in [3.05, 3.63) is 64.3 Å². The minimum Gasteiger partial charge on any atom is -0.381 e. The number of rotatable bonds is 6. The van der Waals surface area contributed by atoms with E-state index >= 15 is 4.39 Å². The summed E-state index contributed by atoms with van der Waals surface area (Å²) in [4.78, 5) is 14.7. The van der Waals surface area contributed by atoms with Crippen LogP contribution in [0.5, 0.6) is 0 Å². The molecule has 0 aliphatic carbocycles. The number of alkyl halides is 3. The van der Waals surface area contributed by atoms with Crippen LogP contribution in [-0.4, -0.2) is 45.2 Å². The van der Waals surface area contributed by atoms with Crippen LogP contribution in [0.4, 0.5) is 23.2 Å². The van der Waals surface area contributed by atoms with Crippen molar-refractivity contribution in [2.45, 2.75) is 45.1 Å². The lowest BCUT2D eigenvalue weighted by Gasteiger charge is -2.33. The second-order valence-corrected chi connectivity index (χ2v) is 8.06. The molecule has 0 spiro atoms. The Labute approximate surface area is 187 Å². The molecule has 7 nitrogen and oxygen atoms in total. The fourth-order valence-corrected chi connectivity index (χ4v) is 4.04. The van der Waals surface area contributed by atoms with Crippen LogP contribution in [0, 0.1) is 5.82 Å². The van der Waals surface area contributed by atoms with Crippen LogP contribution in [-0.2, 0) is 24.0 Å². The van der Waals surface area contributed by atoms with E-state index in [1.54, 1.807) is 29.0 Å². The molecule has 3 heterocycles. The molecule has 0 N–H and O–H groups in total. The van der Waals surface area contributed by atoms with E-state index in [-0.39, 0.29) is 18.3 Å². The van der Waals surface area contributed by atoms with Gasteiger partial charge in [0.05, 0.1) is 24.0 Å². The Balaban J connectivity index is 1.75. The van der Waals surface area contributed by atoms with Gasteiger partial charge >= 0.3 is 11.9 Å². The highest BCUT2D eigenvalue weighted by molar-refractivity contribution is 5.57. The molecule has 3 aromatic rings. The van der Waals surface area contributed by atoms with Crippen LogP contribution in [0.25, 0.3) is 5.69 Å². The van der Waals surface area contributed by atoms with Crippen molar-refractivity contribution in [1.82, 2.24) is 18.9 Å². The minimum absolute atomic E-state index is 0.0467. The van der Waals surface area contributed by atoms with E-state index in [1.807, 2.05) is 6.92 Å². The summed E-state index contributed by atoms with van der Waals surface area (Å²) in [5.41, 5.74) is -1.54. The first-order valence-electron chi connectivity index (χ1n) is 10.7. The van der Waals surface area contributed by atoms with E-state index in [2.05, 4.69) is 5.10 Å². The van der Waals surface area contributed by atoms with Crippen LogP contribution >= 0.6 is 0 Å². The Kier molecular flexibility index (Phi) is 6.33. The largest absolute Gasteiger partial charge is 0.419 e. The van der Waals surface area contributed by atoms with Crippen molar-refractivity contribution < 1.29 is 22.3 Å². The summed E-state index contributed by atoms with van der Waals surface area (Å²) in [6.45, 7) is 3.76. The normalized spacial score (nSPS) is 15.2. The Morgan fingerprint density at radius 2 is 1.94 bits per heavy atom. The van der Waals surface area contributed by atoms with Crippen molar-refractivity contribution in [2.75, 3.05) is 25.2 Å². The lowest BCUT2D eigenvalue weighted by atomic mass is 10.0. The van der Waals surface area contributed by atoms with Crippen molar-refractivity contribution in [1.29, 1.82) is 0 Å². The second-order valence-electron chi connectivity index (χ2n) is 8.06. The van der Waals surface area contributed by atoms with Crippen LogP contribution in [0.2, 0.25) is 0 Å². The Bertz CT molecular complexity index is 1170. The van der Waals surface area contributed by atoms with Crippen LogP contribution in [0.3, 0.4) is 0 Å². The highest BCUT2D eigenvalue weighted by atomic mass is 19.4. The maximum Gasteiger partial charge on any atom is 0.419 e. The zero-order chi connectivity index (χ0) is 23.8. The van der Waals surface area contributed by atoms with E-state index in [1.165, 1.54) is 23.0 Å². The highest BCUT2D eigenvalue weighted by Crippen LogP contribution is 2.37. The summed E-state index contributed by atoms with van der Waals surface area (Å²) in [5, 5.41) is 4.15. The summed E-state index contributed by atoms with van der Waals surface area (Å²) < 4.78 is 65.3. The maximum atomic E-state index is 15.1. The van der Waals surface area contributed by atoms with Crippen LogP contribution in [0.1, 0.15) is 30.9 Å². The summed E-state index contributed by atoms with van der Waals surface area (Å²) >= 11 is 0. The summed E-state index contributed by atoms with van der Waals surface area (Å²) in [6, 6.07) is 2.05. The highest BCUT2D eigenvalue weighted by Gasteiger charge is 2.37. The number of hydrogen-bond donors (Lipinski definition) is 0. The molecule has 0 atom stereocenters. The quantitative estimate of drug-likeness (QED) is 0.519. The SMILES string of the molecule is CCn1cc(Cn2ccn(-c3cc(N(C)C4CCOCC4)cc(C(F)(F)F)c3F)c2=O)cn1. The molecule has 0 saturated carbocycles. The molecule has 0 unspecified atom stereocenters. The molecule has 1 aliphatic heterocycles. The van der Waals surface area contributed by atoms with Gasteiger partial charge in [-0.2, -0.15) is 18.3 Å². The van der Waals surface area contributed by atoms with Crippen LogP contribution < -0.4 is 10.6 Å². The van der Waals surface area contributed by atoms with Gasteiger partial charge in [-0.1, -0.05) is 0 Å². The number of halogens is 4. The third-order valence-corrected chi connectivity index (χ3v) is 5.96. The summed E-state index contributed by atoms with van der Waals surface area (Å²) in [7, 11) is 1.67. The molecule has 11 heteroatoms. The zero-order valence-corrected chi connectivity index (χ0v) is 18.3. The zero-order valence-electron chi connectivity index (χ0n) is 18.3. The number of aryl methyl sites for hydroxylation is 1. The molecule has 1 aliphatic rings. The van der Waals surface area contributed by atoms with Gasteiger partial charge in [-0.15, -0.1) is 0 Å². The van der Waals surface area contributed by atoms with Gasteiger partial charge in [-0.3, -0.25) is 13.8 Å². The average molecular weight is 467 g/mol. The predicted octanol–water partition coefficient (Wildman–Crippen LogP) is 3.68. The van der Waals surface area contributed by atoms with E-state index in [9.17, 15) is 18.0 Å². The maximum absolute atomic E-state index is 15.1. The molecule has 1 saturated heterocycles. The molecule has 4 rings (SSSR count). The van der Waals surface area contributed by atoms with Crippen molar-refractivity contribution in [2.24, 2.45) is 0 Å². The van der Waals surface area contributed by atoms with E-state index in [0.29, 0.717) is 32.6 Å². The molecule has 1 fully saturated rings. The molecule has 1 aromatic carbocycles. The number of aromatic nitrogens is 4. The number of hydrogen-bond acceptors (Lipinski definition) is 4. The molecule has 33 heavy (non-hydrogen) atoms. The average Bonchev–Trinajstić information content (AvgIpc) is 3.40. The van der Waals surface area contributed by atoms with Gasteiger partial charge in [0.25, 0.3) is 0 Å². The van der Waals surface area contributed by atoms with Crippen molar-refractivity contribution >= 4 is 5.69 Å². The molecule has 0 bridgehead atoms. The van der Waals surface area contributed by atoms with Gasteiger partial charge in [0, 0.05) is 62.7 Å². The van der Waals surface area contributed by atoms with Gasteiger partial charge in [0.2, 0.25) is 0 Å². The monoisotopic (exact) mass is 467 g/mol. The van der Waals surface area contributed by atoms with Gasteiger partial charge in [-0.05, 0) is 31.9 Å². The van der Waals surface area contributed by atoms with Crippen LogP contribution in [0.15, 0.2) is 41.7 Å². The fourth-order valence-electron chi connectivity index (χ4n) is 4.04. The Morgan fingerprint density at radius 1 is 1.21 bits per heavy atom. The molecule has 2 aromatic heterocycles. The van der Waals surface area contributed by atoms with E-state index in [4.69, 9.17) is 4.74 Å². The second kappa shape index (κ2) is 9.05. The van der Waals surface area contributed by atoms with Gasteiger partial charge in [0.15, 0.2) is 5.82 Å². The molecular formula is C22H25F4N5O2. The van der Waals surface area contributed by atoms with Gasteiger partial charge < -0.3 is 9.64 Å². The predicted molar refractivity (Wildman–Crippen MR) is 114 cm³/mol. The van der Waals surface area contributed by atoms with Gasteiger partial charge in [0.1, 0.15) is 0 Å². The first-order valence-corrected chi connectivity index (χ1v) is 10.7. The Hall–Kier alpha value is -3.08. The lowest BCUT2D eigenvalue weighted by Crippen LogP contribution is -2.37. The van der Waals surface area contributed by atoms with E-state index in [0.717, 1.165) is 16.2 Å². The van der Waals surface area contributed by atoms with Crippen molar-refractivity contribution in [3.8, 4) is 5.69 Å². The number of benzene rings is 1. The number of imidazole rings is 1. The topological polar surface area (TPSA) is 57.2 Å². The van der Waals surface area contributed by atoms with E-state index < -0.39 is 28.9 Å². The molecule has 0 radical (unpaired) electrons. The van der Waals surface area contributed by atoms with Crippen molar-refractivity contribution in [3.63, 3.8) is 0 Å². The number of nitrogens with zero attached hydrogens (tertiary/aromatic N) is 5. The summed E-state index contributed by atoms with van der Waals surface area (Å²) in [6.07, 6.45) is 2.47. The molecule has 0 amide bonds. The number of ether oxygens (including phenoxy) is 1. The fraction of sp³-hybridized carbons (Fsp3) is 0.455. The Morgan fingerprint density at radius 3 is 2.58 bits per heavy atom. The standard InChI is InChI=1S/C22H25F4N5O2/c1-3-30-14-15(12-27-30)13-29-6-7-31(21(29)32)19-11-17(10-18(20(19)23)22(24,25)26)28(2)16-4-8-33-9-5-16/h6-7,10-12,14,16H,3-5,8-9,13H2,1-2H3. The van der Waals surface area contributed by atoms with Gasteiger partial charge in [-0.25, -0.2) is 9.18 Å².